The van der Waals surface area contributed by atoms with Gasteiger partial charge >= 0.3 is 0 Å². The Morgan fingerprint density at radius 3 is 2.67 bits per heavy atom. The minimum atomic E-state index is 0.0259. The molecule has 2 aliphatic rings. The minimum Gasteiger partial charge on any atom is -0.471 e. The Hall–Kier alpha value is -2.09. The van der Waals surface area contributed by atoms with Gasteiger partial charge in [-0.25, -0.2) is 4.98 Å². The first kappa shape index (κ1) is 13.9. The molecule has 0 unspecified atom stereocenters. The number of carbonyl (C=O) groups excluding carboxylic acids is 1. The zero-order valence-electron chi connectivity index (χ0n) is 12.0. The van der Waals surface area contributed by atoms with Gasteiger partial charge in [-0.3, -0.25) is 4.79 Å². The van der Waals surface area contributed by atoms with E-state index in [1.807, 2.05) is 11.0 Å². The smallest absolute Gasteiger partial charge is 0.225 e. The van der Waals surface area contributed by atoms with Gasteiger partial charge in [0.2, 0.25) is 11.8 Å². The van der Waals surface area contributed by atoms with E-state index in [0.717, 1.165) is 12.8 Å². The van der Waals surface area contributed by atoms with Gasteiger partial charge in [-0.2, -0.15) is 5.26 Å². The molecule has 2 heterocycles. The lowest BCUT2D eigenvalue weighted by Gasteiger charge is -2.41. The van der Waals surface area contributed by atoms with Gasteiger partial charge in [0, 0.05) is 18.2 Å². The van der Waals surface area contributed by atoms with Crippen molar-refractivity contribution in [2.24, 2.45) is 5.92 Å². The Kier molecular flexibility index (Phi) is 4.05. The van der Waals surface area contributed by atoms with Crippen molar-refractivity contribution in [3.63, 3.8) is 0 Å². The van der Waals surface area contributed by atoms with Crippen LogP contribution >= 0.6 is 0 Å². The number of hydrogen-bond donors (Lipinski definition) is 0. The quantitative estimate of drug-likeness (QED) is 0.853. The third kappa shape index (κ3) is 3.15. The van der Waals surface area contributed by atoms with E-state index in [1.54, 1.807) is 12.1 Å². The number of nitrogens with zero attached hydrogens (tertiary/aromatic N) is 3. The van der Waals surface area contributed by atoms with Crippen molar-refractivity contribution >= 4 is 5.91 Å². The van der Waals surface area contributed by atoms with Crippen molar-refractivity contribution in [1.29, 1.82) is 5.26 Å². The van der Waals surface area contributed by atoms with Crippen molar-refractivity contribution in [2.45, 2.75) is 38.2 Å². The fourth-order valence-electron chi connectivity index (χ4n) is 2.99. The van der Waals surface area contributed by atoms with Crippen LogP contribution in [-0.4, -0.2) is 35.0 Å². The molecule has 1 aliphatic heterocycles. The van der Waals surface area contributed by atoms with Crippen LogP contribution in [0.1, 0.15) is 37.7 Å². The lowest BCUT2D eigenvalue weighted by Crippen LogP contribution is -2.57. The van der Waals surface area contributed by atoms with E-state index < -0.39 is 0 Å². The van der Waals surface area contributed by atoms with Crippen LogP contribution in [0, 0.1) is 17.2 Å². The molecule has 2 fully saturated rings. The second kappa shape index (κ2) is 6.13. The first-order valence-corrected chi connectivity index (χ1v) is 7.58. The van der Waals surface area contributed by atoms with Gasteiger partial charge in [0.05, 0.1) is 18.7 Å². The van der Waals surface area contributed by atoms with Crippen LogP contribution in [0.3, 0.4) is 0 Å². The van der Waals surface area contributed by atoms with Gasteiger partial charge in [0.1, 0.15) is 12.2 Å². The molecule has 110 valence electrons. The summed E-state index contributed by atoms with van der Waals surface area (Å²) in [5.74, 6) is 1.04. The van der Waals surface area contributed by atoms with Gasteiger partial charge in [0.25, 0.3) is 0 Å². The number of carbonyl (C=O) groups is 1. The maximum atomic E-state index is 12.3. The van der Waals surface area contributed by atoms with E-state index in [1.165, 1.54) is 25.5 Å². The number of aromatic nitrogens is 1. The molecule has 0 atom stereocenters. The van der Waals surface area contributed by atoms with E-state index in [-0.39, 0.29) is 12.0 Å². The highest BCUT2D eigenvalue weighted by atomic mass is 16.5. The van der Waals surface area contributed by atoms with Gasteiger partial charge < -0.3 is 9.64 Å². The molecule has 0 spiro atoms. The molecule has 1 saturated carbocycles. The summed E-state index contributed by atoms with van der Waals surface area (Å²) in [6.07, 6.45) is 7.23. The van der Waals surface area contributed by atoms with Gasteiger partial charge in [-0.15, -0.1) is 0 Å². The largest absolute Gasteiger partial charge is 0.471 e. The lowest BCUT2D eigenvalue weighted by molar-refractivity contribution is -0.145. The molecule has 3 rings (SSSR count). The van der Waals surface area contributed by atoms with Crippen LogP contribution in [-0.2, 0) is 4.79 Å². The summed E-state index contributed by atoms with van der Waals surface area (Å²) in [7, 11) is 0. The normalized spacial score (nSPS) is 19.7. The average molecular weight is 285 g/mol. The molecule has 1 saturated heterocycles. The zero-order chi connectivity index (χ0) is 14.7. The highest BCUT2D eigenvalue weighted by Gasteiger charge is 2.36. The number of ether oxygens (including phenoxy) is 1. The van der Waals surface area contributed by atoms with Crippen molar-refractivity contribution in [3.8, 4) is 11.9 Å². The highest BCUT2D eigenvalue weighted by Crippen LogP contribution is 2.27. The fraction of sp³-hybridized carbons (Fsp3) is 0.562. The molecule has 5 heteroatoms. The summed E-state index contributed by atoms with van der Waals surface area (Å²) in [4.78, 5) is 18.3. The Balaban J connectivity index is 1.46. The molecule has 1 aromatic heterocycles. The van der Waals surface area contributed by atoms with E-state index in [2.05, 4.69) is 4.98 Å². The minimum absolute atomic E-state index is 0.0259. The molecular formula is C16H19N3O2. The van der Waals surface area contributed by atoms with Gasteiger partial charge in [-0.05, 0) is 18.9 Å². The molecule has 21 heavy (non-hydrogen) atoms. The zero-order valence-corrected chi connectivity index (χ0v) is 12.0. The van der Waals surface area contributed by atoms with Crippen molar-refractivity contribution in [1.82, 2.24) is 9.88 Å². The van der Waals surface area contributed by atoms with E-state index in [4.69, 9.17) is 10.00 Å². The average Bonchev–Trinajstić information content (AvgIpc) is 2.51. The number of rotatable bonds is 3. The van der Waals surface area contributed by atoms with Crippen LogP contribution in [0.5, 0.6) is 5.88 Å². The molecule has 1 amide bonds. The molecular weight excluding hydrogens is 266 g/mol. The molecule has 1 aromatic rings. The summed E-state index contributed by atoms with van der Waals surface area (Å²) < 4.78 is 5.70. The molecule has 0 aromatic carbocycles. The SMILES string of the molecule is N#Cc1ccc(OC2CN(C(=O)C3CCCCC3)C2)nc1. The van der Waals surface area contributed by atoms with E-state index >= 15 is 0 Å². The maximum absolute atomic E-state index is 12.3. The van der Waals surface area contributed by atoms with E-state index in [0.29, 0.717) is 30.4 Å². The standard InChI is InChI=1S/C16H19N3O2/c17-8-12-6-7-15(18-9-12)21-14-10-19(11-14)16(20)13-4-2-1-3-5-13/h6-7,9,13-14H,1-5,10-11H2. The molecule has 1 aliphatic carbocycles. The Bertz CT molecular complexity index is 538. The lowest BCUT2D eigenvalue weighted by atomic mass is 9.87. The number of hydrogen-bond acceptors (Lipinski definition) is 4. The van der Waals surface area contributed by atoms with Crippen molar-refractivity contribution in [2.75, 3.05) is 13.1 Å². The second-order valence-corrected chi connectivity index (χ2v) is 5.81. The number of pyridine rings is 1. The summed E-state index contributed by atoms with van der Waals surface area (Å²) in [5, 5.41) is 8.71. The van der Waals surface area contributed by atoms with Crippen LogP contribution < -0.4 is 4.74 Å². The van der Waals surface area contributed by atoms with Crippen LogP contribution in [0.15, 0.2) is 18.3 Å². The first-order valence-electron chi connectivity index (χ1n) is 7.58. The van der Waals surface area contributed by atoms with Crippen LogP contribution in [0.25, 0.3) is 0 Å². The van der Waals surface area contributed by atoms with Crippen molar-refractivity contribution < 1.29 is 9.53 Å². The summed E-state index contributed by atoms with van der Waals surface area (Å²) >= 11 is 0. The van der Waals surface area contributed by atoms with Crippen LogP contribution in [0.4, 0.5) is 0 Å². The van der Waals surface area contributed by atoms with Crippen molar-refractivity contribution in [3.05, 3.63) is 23.9 Å². The Morgan fingerprint density at radius 2 is 2.05 bits per heavy atom. The summed E-state index contributed by atoms with van der Waals surface area (Å²) in [6.45, 7) is 1.30. The van der Waals surface area contributed by atoms with Gasteiger partial charge in [-0.1, -0.05) is 19.3 Å². The molecule has 5 nitrogen and oxygen atoms in total. The summed E-state index contributed by atoms with van der Waals surface area (Å²) in [6, 6.07) is 5.41. The molecule has 0 N–H and O–H groups in total. The Morgan fingerprint density at radius 1 is 1.29 bits per heavy atom. The number of amides is 1. The monoisotopic (exact) mass is 285 g/mol. The topological polar surface area (TPSA) is 66.2 Å². The number of likely N-dealkylation sites (tertiary alicyclic amines) is 1. The molecule has 0 bridgehead atoms. The Labute approximate surface area is 124 Å². The maximum Gasteiger partial charge on any atom is 0.225 e. The van der Waals surface area contributed by atoms with Crippen LogP contribution in [0.2, 0.25) is 0 Å². The summed E-state index contributed by atoms with van der Waals surface area (Å²) in [5.41, 5.74) is 0.519. The third-order valence-corrected chi connectivity index (χ3v) is 4.27. The predicted molar refractivity (Wildman–Crippen MR) is 76.5 cm³/mol. The predicted octanol–water partition coefficient (Wildman–Crippen LogP) is 2.12. The second-order valence-electron chi connectivity index (χ2n) is 5.81. The first-order chi connectivity index (χ1) is 10.3. The van der Waals surface area contributed by atoms with Gasteiger partial charge in [0.15, 0.2) is 0 Å². The number of nitriles is 1. The fourth-order valence-corrected chi connectivity index (χ4v) is 2.99. The highest BCUT2D eigenvalue weighted by molar-refractivity contribution is 5.79. The van der Waals surface area contributed by atoms with E-state index in [9.17, 15) is 4.79 Å². The third-order valence-electron chi connectivity index (χ3n) is 4.27. The molecule has 0 radical (unpaired) electrons.